The van der Waals surface area contributed by atoms with E-state index in [4.69, 9.17) is 5.73 Å². The summed E-state index contributed by atoms with van der Waals surface area (Å²) < 4.78 is 38.6. The number of nitrogen functional groups attached to an aromatic ring is 1. The lowest BCUT2D eigenvalue weighted by molar-refractivity contribution is -0.137. The van der Waals surface area contributed by atoms with Crippen molar-refractivity contribution in [2.45, 2.75) is 13.1 Å². The summed E-state index contributed by atoms with van der Waals surface area (Å²) in [6.07, 6.45) is -1.35. The molecule has 1 heterocycles. The molecule has 18 heavy (non-hydrogen) atoms. The Labute approximate surface area is 102 Å². The summed E-state index contributed by atoms with van der Waals surface area (Å²) in [5.74, 6) is 0. The zero-order valence-electron chi connectivity index (χ0n) is 9.62. The highest BCUT2D eigenvalue weighted by Gasteiger charge is 2.33. The van der Waals surface area contributed by atoms with E-state index < -0.39 is 11.7 Å². The molecule has 0 unspecified atom stereocenters. The van der Waals surface area contributed by atoms with Crippen LogP contribution in [0.3, 0.4) is 0 Å². The summed E-state index contributed by atoms with van der Waals surface area (Å²) in [5.41, 5.74) is 6.22. The molecule has 0 amide bonds. The molecule has 0 spiro atoms. The molecule has 0 aliphatic heterocycles. The van der Waals surface area contributed by atoms with Crippen LogP contribution >= 0.6 is 0 Å². The number of hydrogen-bond donors (Lipinski definition) is 1. The number of anilines is 1. The van der Waals surface area contributed by atoms with Crippen molar-refractivity contribution in [2.75, 3.05) is 5.73 Å². The fourth-order valence-corrected chi connectivity index (χ4v) is 1.74. The van der Waals surface area contributed by atoms with Gasteiger partial charge in [-0.3, -0.25) is 4.98 Å². The molecule has 0 aliphatic rings. The zero-order chi connectivity index (χ0) is 13.3. The first-order valence-corrected chi connectivity index (χ1v) is 5.27. The largest absolute Gasteiger partial charge is 0.416 e. The lowest BCUT2D eigenvalue weighted by Crippen LogP contribution is -2.09. The third kappa shape index (κ3) is 2.30. The SMILES string of the molecule is Cc1c(N)cc(-c2ccncc2)cc1C(F)(F)F. The van der Waals surface area contributed by atoms with Crippen molar-refractivity contribution in [3.63, 3.8) is 0 Å². The van der Waals surface area contributed by atoms with E-state index in [1.54, 1.807) is 18.2 Å². The molecule has 0 saturated carbocycles. The lowest BCUT2D eigenvalue weighted by Gasteiger charge is -2.14. The van der Waals surface area contributed by atoms with Gasteiger partial charge in [0, 0.05) is 18.1 Å². The van der Waals surface area contributed by atoms with E-state index in [9.17, 15) is 13.2 Å². The average Bonchev–Trinajstić information content (AvgIpc) is 2.32. The van der Waals surface area contributed by atoms with Crippen LogP contribution in [0.4, 0.5) is 18.9 Å². The van der Waals surface area contributed by atoms with Crippen molar-refractivity contribution >= 4 is 5.69 Å². The fraction of sp³-hybridized carbons (Fsp3) is 0.154. The van der Waals surface area contributed by atoms with Crippen molar-refractivity contribution in [1.82, 2.24) is 4.98 Å². The van der Waals surface area contributed by atoms with Crippen LogP contribution in [0.2, 0.25) is 0 Å². The van der Waals surface area contributed by atoms with E-state index in [2.05, 4.69) is 4.98 Å². The molecule has 0 atom stereocenters. The normalized spacial score (nSPS) is 11.6. The Kier molecular flexibility index (Phi) is 2.98. The molecule has 5 heteroatoms. The minimum Gasteiger partial charge on any atom is -0.398 e. The summed E-state index contributed by atoms with van der Waals surface area (Å²) in [4.78, 5) is 3.83. The average molecular weight is 252 g/mol. The van der Waals surface area contributed by atoms with E-state index >= 15 is 0 Å². The van der Waals surface area contributed by atoms with Gasteiger partial charge in [0.25, 0.3) is 0 Å². The fourth-order valence-electron chi connectivity index (χ4n) is 1.74. The molecule has 2 aromatic rings. The second kappa shape index (κ2) is 4.33. The Balaban J connectivity index is 2.62. The number of nitrogens with two attached hydrogens (primary N) is 1. The highest BCUT2D eigenvalue weighted by Crippen LogP contribution is 2.37. The van der Waals surface area contributed by atoms with Crippen LogP contribution in [-0.4, -0.2) is 4.98 Å². The van der Waals surface area contributed by atoms with Gasteiger partial charge in [-0.1, -0.05) is 0 Å². The van der Waals surface area contributed by atoms with Gasteiger partial charge in [-0.05, 0) is 47.9 Å². The first kappa shape index (κ1) is 12.4. The standard InChI is InChI=1S/C13H11F3N2/c1-8-11(13(14,15)16)6-10(7-12(8)17)9-2-4-18-5-3-9/h2-7H,17H2,1H3. The second-order valence-corrected chi connectivity index (χ2v) is 3.97. The van der Waals surface area contributed by atoms with Gasteiger partial charge in [0.2, 0.25) is 0 Å². The number of aromatic nitrogens is 1. The molecule has 2 nitrogen and oxygen atoms in total. The van der Waals surface area contributed by atoms with E-state index in [1.807, 2.05) is 0 Å². The molecule has 1 aromatic heterocycles. The summed E-state index contributed by atoms with van der Waals surface area (Å²) in [5, 5.41) is 0. The third-order valence-electron chi connectivity index (χ3n) is 2.77. The van der Waals surface area contributed by atoms with Gasteiger partial charge in [-0.2, -0.15) is 13.2 Å². The van der Waals surface area contributed by atoms with Gasteiger partial charge < -0.3 is 5.73 Å². The number of alkyl halides is 3. The van der Waals surface area contributed by atoms with Crippen LogP contribution in [-0.2, 0) is 6.18 Å². The van der Waals surface area contributed by atoms with E-state index in [-0.39, 0.29) is 11.3 Å². The molecule has 0 saturated heterocycles. The van der Waals surface area contributed by atoms with E-state index in [0.29, 0.717) is 11.1 Å². The highest BCUT2D eigenvalue weighted by atomic mass is 19.4. The zero-order valence-corrected chi connectivity index (χ0v) is 9.62. The highest BCUT2D eigenvalue weighted by molar-refractivity contribution is 5.70. The molecule has 2 rings (SSSR count). The van der Waals surface area contributed by atoms with Gasteiger partial charge >= 0.3 is 6.18 Å². The van der Waals surface area contributed by atoms with Crippen molar-refractivity contribution in [3.8, 4) is 11.1 Å². The van der Waals surface area contributed by atoms with Crippen LogP contribution in [0.25, 0.3) is 11.1 Å². The van der Waals surface area contributed by atoms with E-state index in [1.165, 1.54) is 19.3 Å². The Morgan fingerprint density at radius 2 is 1.67 bits per heavy atom. The third-order valence-corrected chi connectivity index (χ3v) is 2.77. The number of halogens is 3. The molecule has 94 valence electrons. The minimum atomic E-state index is -4.40. The monoisotopic (exact) mass is 252 g/mol. The molecule has 1 aromatic carbocycles. The van der Waals surface area contributed by atoms with Crippen molar-refractivity contribution in [2.24, 2.45) is 0 Å². The quantitative estimate of drug-likeness (QED) is 0.786. The van der Waals surface area contributed by atoms with Gasteiger partial charge in [0.05, 0.1) is 5.56 Å². The first-order valence-electron chi connectivity index (χ1n) is 5.27. The van der Waals surface area contributed by atoms with E-state index in [0.717, 1.165) is 6.07 Å². The lowest BCUT2D eigenvalue weighted by atomic mass is 9.98. The Bertz CT molecular complexity index is 562. The van der Waals surface area contributed by atoms with Crippen LogP contribution in [0.5, 0.6) is 0 Å². The van der Waals surface area contributed by atoms with Gasteiger partial charge in [0.1, 0.15) is 0 Å². The van der Waals surface area contributed by atoms with Crippen LogP contribution in [0.1, 0.15) is 11.1 Å². The second-order valence-electron chi connectivity index (χ2n) is 3.97. The van der Waals surface area contributed by atoms with Crippen LogP contribution in [0, 0.1) is 6.92 Å². The molecule has 2 N–H and O–H groups in total. The molecule has 0 fully saturated rings. The summed E-state index contributed by atoms with van der Waals surface area (Å²) >= 11 is 0. The molecular formula is C13H11F3N2. The number of rotatable bonds is 1. The smallest absolute Gasteiger partial charge is 0.398 e. The Morgan fingerprint density at radius 3 is 2.22 bits per heavy atom. The molecule has 0 aliphatic carbocycles. The van der Waals surface area contributed by atoms with Crippen LogP contribution < -0.4 is 5.73 Å². The number of pyridine rings is 1. The maximum absolute atomic E-state index is 12.9. The van der Waals surface area contributed by atoms with Crippen LogP contribution in [0.15, 0.2) is 36.7 Å². The number of nitrogens with zero attached hydrogens (tertiary/aromatic N) is 1. The minimum absolute atomic E-state index is 0.0558. The number of benzene rings is 1. The Morgan fingerprint density at radius 1 is 1.06 bits per heavy atom. The van der Waals surface area contributed by atoms with Crippen molar-refractivity contribution < 1.29 is 13.2 Å². The maximum Gasteiger partial charge on any atom is 0.416 e. The molecule has 0 bridgehead atoms. The Hall–Kier alpha value is -2.04. The maximum atomic E-state index is 12.9. The molecule has 0 radical (unpaired) electrons. The van der Waals surface area contributed by atoms with Crippen molar-refractivity contribution in [3.05, 3.63) is 47.8 Å². The van der Waals surface area contributed by atoms with Gasteiger partial charge in [-0.25, -0.2) is 0 Å². The van der Waals surface area contributed by atoms with Gasteiger partial charge in [0.15, 0.2) is 0 Å². The summed E-state index contributed by atoms with van der Waals surface area (Å²) in [6.45, 7) is 1.37. The van der Waals surface area contributed by atoms with Crippen molar-refractivity contribution in [1.29, 1.82) is 0 Å². The predicted molar refractivity (Wildman–Crippen MR) is 63.8 cm³/mol. The summed E-state index contributed by atoms with van der Waals surface area (Å²) in [6, 6.07) is 5.94. The number of hydrogen-bond acceptors (Lipinski definition) is 2. The predicted octanol–water partition coefficient (Wildman–Crippen LogP) is 3.66. The summed E-state index contributed by atoms with van der Waals surface area (Å²) in [7, 11) is 0. The van der Waals surface area contributed by atoms with Gasteiger partial charge in [-0.15, -0.1) is 0 Å². The molecular weight excluding hydrogens is 241 g/mol. The first-order chi connectivity index (χ1) is 8.39. The topological polar surface area (TPSA) is 38.9 Å².